The fourth-order valence-electron chi connectivity index (χ4n) is 1.84. The number of carbonyl (C=O) groups is 1. The van der Waals surface area contributed by atoms with Crippen LogP contribution in [0.5, 0.6) is 0 Å². The Morgan fingerprint density at radius 1 is 1.38 bits per heavy atom. The maximum absolute atomic E-state index is 11.6. The molecule has 4 nitrogen and oxygen atoms in total. The minimum atomic E-state index is -0.429. The van der Waals surface area contributed by atoms with Crippen LogP contribution in [0, 0.1) is 0 Å². The summed E-state index contributed by atoms with van der Waals surface area (Å²) in [6, 6.07) is 0.536. The molecule has 0 aromatic heterocycles. The van der Waals surface area contributed by atoms with Crippen molar-refractivity contribution in [3.05, 3.63) is 0 Å². The molecule has 1 fully saturated rings. The van der Waals surface area contributed by atoms with Crippen molar-refractivity contribution in [1.82, 2.24) is 10.2 Å². The second-order valence-corrected chi connectivity index (χ2v) is 6.19. The zero-order valence-corrected chi connectivity index (χ0v) is 11.3. The van der Waals surface area contributed by atoms with Gasteiger partial charge in [-0.25, -0.2) is 4.79 Å². The minimum Gasteiger partial charge on any atom is -0.444 e. The van der Waals surface area contributed by atoms with E-state index < -0.39 is 5.60 Å². The Bertz CT molecular complexity index is 263. The van der Waals surface area contributed by atoms with Crippen LogP contribution >= 0.6 is 0 Å². The van der Waals surface area contributed by atoms with Gasteiger partial charge in [0.25, 0.3) is 0 Å². The molecule has 0 aliphatic carbocycles. The second-order valence-electron chi connectivity index (χ2n) is 6.19. The monoisotopic (exact) mass is 228 g/mol. The van der Waals surface area contributed by atoms with Crippen molar-refractivity contribution in [2.75, 3.05) is 13.1 Å². The molecule has 1 heterocycles. The predicted molar refractivity (Wildman–Crippen MR) is 64.5 cm³/mol. The first-order chi connectivity index (χ1) is 7.11. The van der Waals surface area contributed by atoms with Gasteiger partial charge in [0.2, 0.25) is 0 Å². The molecule has 0 aromatic rings. The van der Waals surface area contributed by atoms with Crippen LogP contribution in [0.25, 0.3) is 0 Å². The average Bonchev–Trinajstić information content (AvgIpc) is 1.94. The highest BCUT2D eigenvalue weighted by Crippen LogP contribution is 2.23. The van der Waals surface area contributed by atoms with Crippen LogP contribution in [-0.4, -0.2) is 41.3 Å². The van der Waals surface area contributed by atoms with Crippen molar-refractivity contribution in [1.29, 1.82) is 0 Å². The number of ether oxygens (including phenoxy) is 1. The standard InChI is InChI=1S/C12H24N2O2/c1-9(2)14-7-12(6,8-14)13-10(15)16-11(3,4)5/h9H,7-8H2,1-6H3,(H,13,15). The largest absolute Gasteiger partial charge is 0.444 e. The SMILES string of the molecule is CC(C)N1CC(C)(NC(=O)OC(C)(C)C)C1. The molecule has 1 saturated heterocycles. The lowest BCUT2D eigenvalue weighted by atomic mass is 9.91. The summed E-state index contributed by atoms with van der Waals surface area (Å²) in [6.07, 6.45) is -0.321. The summed E-state index contributed by atoms with van der Waals surface area (Å²) in [6.45, 7) is 13.8. The molecule has 0 saturated carbocycles. The fraction of sp³-hybridized carbons (Fsp3) is 0.917. The molecular weight excluding hydrogens is 204 g/mol. The van der Waals surface area contributed by atoms with E-state index in [0.29, 0.717) is 6.04 Å². The summed E-state index contributed by atoms with van der Waals surface area (Å²) in [4.78, 5) is 13.9. The van der Waals surface area contributed by atoms with E-state index >= 15 is 0 Å². The molecule has 0 unspecified atom stereocenters. The van der Waals surface area contributed by atoms with Crippen molar-refractivity contribution in [2.24, 2.45) is 0 Å². The number of hydrogen-bond acceptors (Lipinski definition) is 3. The molecule has 4 heteroatoms. The van der Waals surface area contributed by atoms with E-state index in [9.17, 15) is 4.79 Å². The van der Waals surface area contributed by atoms with E-state index in [2.05, 4.69) is 31.0 Å². The molecule has 94 valence electrons. The first-order valence-electron chi connectivity index (χ1n) is 5.86. The molecule has 0 radical (unpaired) electrons. The zero-order chi connectivity index (χ0) is 12.6. The third-order valence-electron chi connectivity index (χ3n) is 2.64. The topological polar surface area (TPSA) is 41.6 Å². The quantitative estimate of drug-likeness (QED) is 0.786. The van der Waals surface area contributed by atoms with Crippen molar-refractivity contribution in [2.45, 2.75) is 58.7 Å². The van der Waals surface area contributed by atoms with E-state index in [1.54, 1.807) is 0 Å². The molecule has 16 heavy (non-hydrogen) atoms. The average molecular weight is 228 g/mol. The van der Waals surface area contributed by atoms with E-state index in [0.717, 1.165) is 13.1 Å². The molecule has 0 spiro atoms. The van der Waals surface area contributed by atoms with Crippen LogP contribution in [0.4, 0.5) is 4.79 Å². The summed E-state index contributed by atoms with van der Waals surface area (Å²) in [7, 11) is 0. The van der Waals surface area contributed by atoms with Crippen LogP contribution in [0.2, 0.25) is 0 Å². The third-order valence-corrected chi connectivity index (χ3v) is 2.64. The maximum Gasteiger partial charge on any atom is 0.408 e. The lowest BCUT2D eigenvalue weighted by molar-refractivity contribution is 0.00594. The van der Waals surface area contributed by atoms with E-state index in [4.69, 9.17) is 4.74 Å². The van der Waals surface area contributed by atoms with E-state index in [1.165, 1.54) is 0 Å². The first-order valence-corrected chi connectivity index (χ1v) is 5.86. The van der Waals surface area contributed by atoms with Gasteiger partial charge in [0.15, 0.2) is 0 Å². The van der Waals surface area contributed by atoms with Gasteiger partial charge in [-0.05, 0) is 41.5 Å². The number of nitrogens with zero attached hydrogens (tertiary/aromatic N) is 1. The van der Waals surface area contributed by atoms with Crippen LogP contribution in [-0.2, 0) is 4.74 Å². The van der Waals surface area contributed by atoms with Crippen molar-refractivity contribution in [3.8, 4) is 0 Å². The summed E-state index contributed by atoms with van der Waals surface area (Å²) in [5.74, 6) is 0. The highest BCUT2D eigenvalue weighted by molar-refractivity contribution is 5.69. The Morgan fingerprint density at radius 3 is 2.25 bits per heavy atom. The Balaban J connectivity index is 2.36. The van der Waals surface area contributed by atoms with Gasteiger partial charge in [0.1, 0.15) is 5.60 Å². The smallest absolute Gasteiger partial charge is 0.408 e. The highest BCUT2D eigenvalue weighted by atomic mass is 16.6. The van der Waals surface area contributed by atoms with Gasteiger partial charge in [-0.3, -0.25) is 4.90 Å². The number of carbonyl (C=O) groups excluding carboxylic acids is 1. The number of hydrogen-bond donors (Lipinski definition) is 1. The van der Waals surface area contributed by atoms with Gasteiger partial charge >= 0.3 is 6.09 Å². The van der Waals surface area contributed by atoms with Crippen LogP contribution in [0.3, 0.4) is 0 Å². The van der Waals surface area contributed by atoms with Crippen molar-refractivity contribution in [3.63, 3.8) is 0 Å². The molecule has 0 atom stereocenters. The molecule has 1 aliphatic rings. The molecule has 1 amide bonds. The van der Waals surface area contributed by atoms with Gasteiger partial charge < -0.3 is 10.1 Å². The summed E-state index contributed by atoms with van der Waals surface area (Å²) >= 11 is 0. The highest BCUT2D eigenvalue weighted by Gasteiger charge is 2.41. The Hall–Kier alpha value is -0.770. The van der Waals surface area contributed by atoms with E-state index in [1.807, 2.05) is 20.8 Å². The second kappa shape index (κ2) is 4.24. The lowest BCUT2D eigenvalue weighted by Crippen LogP contribution is -2.70. The van der Waals surface area contributed by atoms with Gasteiger partial charge in [-0.15, -0.1) is 0 Å². The van der Waals surface area contributed by atoms with Gasteiger partial charge in [-0.2, -0.15) is 0 Å². The molecular formula is C12H24N2O2. The number of nitrogens with one attached hydrogen (secondary N) is 1. The number of rotatable bonds is 2. The molecule has 0 aromatic carbocycles. The zero-order valence-electron chi connectivity index (χ0n) is 11.3. The minimum absolute atomic E-state index is 0.132. The van der Waals surface area contributed by atoms with E-state index in [-0.39, 0.29) is 11.6 Å². The summed E-state index contributed by atoms with van der Waals surface area (Å²) in [5.41, 5.74) is -0.561. The van der Waals surface area contributed by atoms with Crippen LogP contribution in [0.15, 0.2) is 0 Å². The van der Waals surface area contributed by atoms with Crippen molar-refractivity contribution >= 4 is 6.09 Å². The molecule has 1 rings (SSSR count). The van der Waals surface area contributed by atoms with Crippen molar-refractivity contribution < 1.29 is 9.53 Å². The van der Waals surface area contributed by atoms with Gasteiger partial charge in [0.05, 0.1) is 5.54 Å². The Morgan fingerprint density at radius 2 is 1.88 bits per heavy atom. The molecule has 0 bridgehead atoms. The third kappa shape index (κ3) is 3.67. The Labute approximate surface area is 98.3 Å². The van der Waals surface area contributed by atoms with Gasteiger partial charge in [0, 0.05) is 19.1 Å². The molecule has 1 N–H and O–H groups in total. The molecule has 1 aliphatic heterocycles. The summed E-state index contributed by atoms with van der Waals surface area (Å²) < 4.78 is 5.24. The van der Waals surface area contributed by atoms with Crippen LogP contribution < -0.4 is 5.32 Å². The van der Waals surface area contributed by atoms with Crippen LogP contribution in [0.1, 0.15) is 41.5 Å². The fourth-order valence-corrected chi connectivity index (χ4v) is 1.84. The lowest BCUT2D eigenvalue weighted by Gasteiger charge is -2.50. The Kier molecular flexibility index (Phi) is 3.53. The first kappa shape index (κ1) is 13.3. The number of likely N-dealkylation sites (tertiary alicyclic amines) is 1. The number of alkyl carbamates (subject to hydrolysis) is 1. The predicted octanol–water partition coefficient (Wildman–Crippen LogP) is 1.99. The summed E-state index contributed by atoms with van der Waals surface area (Å²) in [5, 5.41) is 2.93. The number of amides is 1. The maximum atomic E-state index is 11.6. The normalized spacial score (nSPS) is 20.4. The van der Waals surface area contributed by atoms with Gasteiger partial charge in [-0.1, -0.05) is 0 Å².